The van der Waals surface area contributed by atoms with Gasteiger partial charge >= 0.3 is 0 Å². The highest BCUT2D eigenvalue weighted by molar-refractivity contribution is 14.1. The quantitative estimate of drug-likeness (QED) is 0.339. The maximum absolute atomic E-state index is 12.4. The molecule has 7 heteroatoms. The first-order valence-electron chi connectivity index (χ1n) is 8.77. The van der Waals surface area contributed by atoms with Crippen LogP contribution in [0.4, 0.5) is 11.4 Å². The summed E-state index contributed by atoms with van der Waals surface area (Å²) in [5.74, 6) is -0.526. The van der Waals surface area contributed by atoms with Crippen LogP contribution in [0.3, 0.4) is 0 Å². The topological polar surface area (TPSA) is 70.2 Å². The number of benzene rings is 3. The normalized spacial score (nSPS) is 10.1. The van der Waals surface area contributed by atoms with E-state index in [9.17, 15) is 9.59 Å². The summed E-state index contributed by atoms with van der Waals surface area (Å²) < 4.78 is 1.01. The van der Waals surface area contributed by atoms with Gasteiger partial charge in [0.05, 0.1) is 0 Å². The van der Waals surface area contributed by atoms with Gasteiger partial charge in [0.2, 0.25) is 0 Å². The number of halogens is 1. The number of anilines is 2. The van der Waals surface area contributed by atoms with Crippen molar-refractivity contribution in [3.8, 4) is 0 Å². The van der Waals surface area contributed by atoms with E-state index < -0.39 is 0 Å². The first-order valence-corrected chi connectivity index (χ1v) is 10.3. The number of carbonyl (C=O) groups excluding carboxylic acids is 2. The number of hydrogen-bond acceptors (Lipinski definition) is 3. The van der Waals surface area contributed by atoms with E-state index in [0.717, 1.165) is 9.13 Å². The summed E-state index contributed by atoms with van der Waals surface area (Å²) in [6, 6.07) is 21.6. The number of carbonyl (C=O) groups is 2. The van der Waals surface area contributed by atoms with Crippen molar-refractivity contribution in [3.05, 3.63) is 93.1 Å². The molecule has 0 aliphatic carbocycles. The largest absolute Gasteiger partial charge is 0.332 e. The molecule has 0 aliphatic rings. The van der Waals surface area contributed by atoms with Crippen molar-refractivity contribution in [2.24, 2.45) is 0 Å². The van der Waals surface area contributed by atoms with Crippen molar-refractivity contribution in [1.82, 2.24) is 5.32 Å². The molecule has 0 saturated carbocycles. The van der Waals surface area contributed by atoms with Crippen LogP contribution < -0.4 is 16.0 Å². The van der Waals surface area contributed by atoms with E-state index >= 15 is 0 Å². The zero-order valence-corrected chi connectivity index (χ0v) is 18.5. The Kier molecular flexibility index (Phi) is 6.95. The van der Waals surface area contributed by atoms with Gasteiger partial charge in [-0.3, -0.25) is 14.9 Å². The summed E-state index contributed by atoms with van der Waals surface area (Å²) in [4.78, 5) is 24.8. The van der Waals surface area contributed by atoms with Gasteiger partial charge in [0.1, 0.15) is 0 Å². The zero-order chi connectivity index (χ0) is 20.8. The van der Waals surface area contributed by atoms with Crippen molar-refractivity contribution in [2.45, 2.75) is 6.92 Å². The van der Waals surface area contributed by atoms with Crippen LogP contribution >= 0.6 is 34.8 Å². The average molecular weight is 515 g/mol. The summed E-state index contributed by atoms with van der Waals surface area (Å²) >= 11 is 7.43. The molecule has 0 fully saturated rings. The molecule has 0 bridgehead atoms. The lowest BCUT2D eigenvalue weighted by atomic mass is 10.1. The predicted molar refractivity (Wildman–Crippen MR) is 128 cm³/mol. The van der Waals surface area contributed by atoms with Gasteiger partial charge in [-0.1, -0.05) is 30.3 Å². The fourth-order valence-electron chi connectivity index (χ4n) is 2.53. The van der Waals surface area contributed by atoms with Gasteiger partial charge in [-0.25, -0.2) is 0 Å². The fraction of sp³-hybridized carbons (Fsp3) is 0.0455. The predicted octanol–water partition coefficient (Wildman–Crippen LogP) is 4.98. The van der Waals surface area contributed by atoms with Crippen molar-refractivity contribution in [3.63, 3.8) is 0 Å². The number of para-hydroxylation sites is 1. The van der Waals surface area contributed by atoms with Crippen LogP contribution in [0.25, 0.3) is 0 Å². The number of hydrogen-bond donors (Lipinski definition) is 3. The third-order valence-corrected chi connectivity index (χ3v) is 5.44. The van der Waals surface area contributed by atoms with E-state index in [0.29, 0.717) is 22.5 Å². The van der Waals surface area contributed by atoms with E-state index in [1.165, 1.54) is 0 Å². The Morgan fingerprint density at radius 1 is 0.793 bits per heavy atom. The second-order valence-electron chi connectivity index (χ2n) is 6.27. The summed E-state index contributed by atoms with van der Waals surface area (Å²) in [6.45, 7) is 1.98. The number of amides is 2. The lowest BCUT2D eigenvalue weighted by molar-refractivity contribution is 0.0976. The van der Waals surface area contributed by atoms with Crippen LogP contribution in [0.15, 0.2) is 72.8 Å². The maximum Gasteiger partial charge on any atom is 0.257 e. The molecular formula is C22H18IN3O2S. The average Bonchev–Trinajstić information content (AvgIpc) is 2.71. The van der Waals surface area contributed by atoms with Gasteiger partial charge in [-0.2, -0.15) is 0 Å². The van der Waals surface area contributed by atoms with Gasteiger partial charge in [0, 0.05) is 26.1 Å². The van der Waals surface area contributed by atoms with Crippen LogP contribution in [-0.2, 0) is 0 Å². The highest BCUT2D eigenvalue weighted by Gasteiger charge is 2.11. The Morgan fingerprint density at radius 3 is 2.21 bits per heavy atom. The first-order chi connectivity index (χ1) is 13.9. The molecule has 29 heavy (non-hydrogen) atoms. The summed E-state index contributed by atoms with van der Waals surface area (Å²) in [5, 5.41) is 8.59. The third-order valence-electron chi connectivity index (χ3n) is 4.08. The van der Waals surface area contributed by atoms with Crippen molar-refractivity contribution in [2.75, 3.05) is 10.6 Å². The van der Waals surface area contributed by atoms with E-state index in [-0.39, 0.29) is 16.9 Å². The van der Waals surface area contributed by atoms with Gasteiger partial charge in [-0.05, 0) is 89.8 Å². The molecule has 0 atom stereocenters. The van der Waals surface area contributed by atoms with Crippen molar-refractivity contribution in [1.29, 1.82) is 0 Å². The van der Waals surface area contributed by atoms with Gasteiger partial charge < -0.3 is 10.6 Å². The Labute approximate surface area is 188 Å². The lowest BCUT2D eigenvalue weighted by Crippen LogP contribution is -2.34. The molecule has 0 radical (unpaired) electrons. The molecule has 0 aliphatic heterocycles. The second kappa shape index (κ2) is 9.62. The van der Waals surface area contributed by atoms with Crippen LogP contribution in [0, 0.1) is 10.5 Å². The van der Waals surface area contributed by atoms with Crippen LogP contribution in [0.1, 0.15) is 26.3 Å². The van der Waals surface area contributed by atoms with Gasteiger partial charge in [-0.15, -0.1) is 0 Å². The molecular weight excluding hydrogens is 497 g/mol. The third kappa shape index (κ3) is 5.85. The number of rotatable bonds is 4. The Hall–Kier alpha value is -2.78. The number of aryl methyl sites for hydroxylation is 1. The van der Waals surface area contributed by atoms with Crippen LogP contribution in [0.5, 0.6) is 0 Å². The summed E-state index contributed by atoms with van der Waals surface area (Å²) in [5.41, 5.74) is 3.43. The monoisotopic (exact) mass is 515 g/mol. The van der Waals surface area contributed by atoms with Crippen molar-refractivity contribution >= 4 is 63.1 Å². The number of nitrogens with one attached hydrogen (secondary N) is 3. The smallest absolute Gasteiger partial charge is 0.257 e. The first kappa shape index (κ1) is 20.9. The van der Waals surface area contributed by atoms with E-state index in [2.05, 4.69) is 38.5 Å². The fourth-order valence-corrected chi connectivity index (χ4v) is 3.26. The SMILES string of the molecule is Cc1ccc(C(=O)NC(=S)Nc2cccc(C(=O)Nc3ccccc3)c2)cc1I. The van der Waals surface area contributed by atoms with E-state index in [1.807, 2.05) is 49.4 Å². The second-order valence-corrected chi connectivity index (χ2v) is 7.84. The molecule has 0 aromatic heterocycles. The molecule has 2 amide bonds. The van der Waals surface area contributed by atoms with E-state index in [1.54, 1.807) is 30.3 Å². The van der Waals surface area contributed by atoms with Gasteiger partial charge in [0.25, 0.3) is 11.8 Å². The van der Waals surface area contributed by atoms with Crippen molar-refractivity contribution < 1.29 is 9.59 Å². The summed E-state index contributed by atoms with van der Waals surface area (Å²) in [6.07, 6.45) is 0. The molecule has 0 spiro atoms. The molecule has 3 rings (SSSR count). The zero-order valence-electron chi connectivity index (χ0n) is 15.5. The molecule has 0 saturated heterocycles. The highest BCUT2D eigenvalue weighted by Crippen LogP contribution is 2.15. The summed E-state index contributed by atoms with van der Waals surface area (Å²) in [7, 11) is 0. The Balaban J connectivity index is 1.63. The van der Waals surface area contributed by atoms with E-state index in [4.69, 9.17) is 12.2 Å². The Morgan fingerprint density at radius 2 is 1.48 bits per heavy atom. The molecule has 3 aromatic carbocycles. The Bertz CT molecular complexity index is 1070. The number of thiocarbonyl (C=S) groups is 1. The molecule has 5 nitrogen and oxygen atoms in total. The molecule has 0 unspecified atom stereocenters. The molecule has 0 heterocycles. The van der Waals surface area contributed by atoms with Crippen LogP contribution in [-0.4, -0.2) is 16.9 Å². The minimum atomic E-state index is -0.293. The maximum atomic E-state index is 12.4. The standard InChI is InChI=1S/C22H18IN3O2S/c1-14-10-11-16(13-19(14)23)21(28)26-22(29)25-18-9-5-6-15(12-18)20(27)24-17-7-3-2-4-8-17/h2-13H,1H3,(H,24,27)(H2,25,26,28,29). The minimum Gasteiger partial charge on any atom is -0.332 e. The lowest BCUT2D eigenvalue weighted by Gasteiger charge is -2.11. The van der Waals surface area contributed by atoms with Crippen LogP contribution in [0.2, 0.25) is 0 Å². The molecule has 146 valence electrons. The molecule has 3 aromatic rings. The minimum absolute atomic E-state index is 0.159. The molecule has 3 N–H and O–H groups in total. The highest BCUT2D eigenvalue weighted by atomic mass is 127. The van der Waals surface area contributed by atoms with Gasteiger partial charge in [0.15, 0.2) is 5.11 Å².